The molecule has 0 aromatic heterocycles. The Kier molecular flexibility index (Phi) is 9.32. The molecule has 1 aromatic carbocycles. The highest BCUT2D eigenvalue weighted by atomic mass is 16.6. The number of phenolic OH excluding ortho intramolecular Hbond substituents is 1. The van der Waals surface area contributed by atoms with Gasteiger partial charge in [-0.3, -0.25) is 9.59 Å². The second-order valence-electron chi connectivity index (χ2n) is 9.36. The van der Waals surface area contributed by atoms with Gasteiger partial charge in [-0.2, -0.15) is 0 Å². The van der Waals surface area contributed by atoms with Crippen LogP contribution < -0.4 is 10.1 Å². The third kappa shape index (κ3) is 5.87. The van der Waals surface area contributed by atoms with E-state index in [1.54, 1.807) is 13.0 Å². The number of fused-ring (bicyclic) bond motifs is 1. The number of Topliss-reactive ketones (excluding diaryl/α,β-unsaturated/α-hetero) is 1. The van der Waals surface area contributed by atoms with Gasteiger partial charge in [0.1, 0.15) is 5.78 Å². The first kappa shape index (κ1) is 26.7. The van der Waals surface area contributed by atoms with Crippen LogP contribution in [0.1, 0.15) is 78.4 Å². The summed E-state index contributed by atoms with van der Waals surface area (Å²) in [5.74, 6) is 0.646. The number of aromatic hydroxyl groups is 1. The predicted octanol–water partition coefficient (Wildman–Crippen LogP) is 4.58. The van der Waals surface area contributed by atoms with Gasteiger partial charge in [0.25, 0.3) is 0 Å². The molecule has 0 heterocycles. The molecule has 7 heteroatoms. The molecule has 0 aliphatic heterocycles. The van der Waals surface area contributed by atoms with Crippen LogP contribution in [-0.4, -0.2) is 47.4 Å². The maximum Gasteiger partial charge on any atom is 0.415 e. The fourth-order valence-corrected chi connectivity index (χ4v) is 5.85. The Hall–Kier alpha value is -2.57. The van der Waals surface area contributed by atoms with Crippen LogP contribution in [0.3, 0.4) is 0 Å². The molecule has 184 valence electrons. The minimum atomic E-state index is -0.581. The third-order valence-corrected chi connectivity index (χ3v) is 6.96. The summed E-state index contributed by atoms with van der Waals surface area (Å²) in [6.45, 7) is 12.4. The fraction of sp³-hybridized carbons (Fsp3) is 0.654. The summed E-state index contributed by atoms with van der Waals surface area (Å²) >= 11 is 0. The number of carbonyl (C=O) groups excluding carboxylic acids is 3. The van der Waals surface area contributed by atoms with Gasteiger partial charge < -0.3 is 20.1 Å². The van der Waals surface area contributed by atoms with E-state index >= 15 is 0 Å². The molecule has 0 spiro atoms. The van der Waals surface area contributed by atoms with E-state index in [1.807, 2.05) is 13.0 Å². The average Bonchev–Trinajstić information content (AvgIpc) is 2.72. The summed E-state index contributed by atoms with van der Waals surface area (Å²) in [7, 11) is 0. The topological polar surface area (TPSA) is 95.9 Å². The molecule has 1 aliphatic rings. The predicted molar refractivity (Wildman–Crippen MR) is 129 cm³/mol. The zero-order valence-electron chi connectivity index (χ0n) is 21.0. The minimum absolute atomic E-state index is 0.0289. The molecule has 33 heavy (non-hydrogen) atoms. The molecular formula is C26H40N2O5. The number of ketones is 1. The van der Waals surface area contributed by atoms with Gasteiger partial charge in [0.15, 0.2) is 11.5 Å². The highest BCUT2D eigenvalue weighted by Crippen LogP contribution is 2.55. The number of phenols is 1. The van der Waals surface area contributed by atoms with Crippen molar-refractivity contribution in [3.63, 3.8) is 0 Å². The molecule has 1 aliphatic carbocycles. The zero-order valence-corrected chi connectivity index (χ0v) is 21.0. The first-order valence-electron chi connectivity index (χ1n) is 12.2. The zero-order chi connectivity index (χ0) is 24.8. The van der Waals surface area contributed by atoms with E-state index in [0.29, 0.717) is 32.0 Å². The highest BCUT2D eigenvalue weighted by Gasteiger charge is 2.48. The molecular weight excluding hydrogens is 420 g/mol. The van der Waals surface area contributed by atoms with Crippen LogP contribution in [0.2, 0.25) is 0 Å². The SMILES string of the molecule is CCCC1(CC(C)=O)c2c(ccc(OC(=O)N(CC)CCNC(C)=O)c2O)CC(C)C1CC. The largest absolute Gasteiger partial charge is 0.504 e. The molecule has 2 N–H and O–H groups in total. The van der Waals surface area contributed by atoms with Crippen molar-refractivity contribution in [2.75, 3.05) is 19.6 Å². The summed E-state index contributed by atoms with van der Waals surface area (Å²) in [5.41, 5.74) is 1.32. The minimum Gasteiger partial charge on any atom is -0.504 e. The van der Waals surface area contributed by atoms with Crippen LogP contribution in [0, 0.1) is 11.8 Å². The van der Waals surface area contributed by atoms with Gasteiger partial charge in [-0.05, 0) is 50.2 Å². The van der Waals surface area contributed by atoms with Gasteiger partial charge in [0.05, 0.1) is 0 Å². The van der Waals surface area contributed by atoms with Gasteiger partial charge in [-0.25, -0.2) is 4.79 Å². The first-order valence-corrected chi connectivity index (χ1v) is 12.2. The standard InChI is InChI=1S/C26H40N2O5/c1-7-12-26(16-18(5)29)21(8-2)17(4)15-20-10-11-22(24(31)23(20)26)33-25(32)28(9-3)14-13-27-19(6)30/h10-11,17,21,31H,7-9,12-16H2,1-6H3,(H,27,30). The second kappa shape index (κ2) is 11.5. The number of rotatable bonds is 10. The summed E-state index contributed by atoms with van der Waals surface area (Å²) in [4.78, 5) is 37.8. The Morgan fingerprint density at radius 3 is 2.45 bits per heavy atom. The van der Waals surface area contributed by atoms with Crippen molar-refractivity contribution in [1.29, 1.82) is 0 Å². The maximum absolute atomic E-state index is 12.8. The molecule has 0 saturated carbocycles. The lowest BCUT2D eigenvalue weighted by molar-refractivity contribution is -0.120. The summed E-state index contributed by atoms with van der Waals surface area (Å²) in [5, 5.41) is 14.1. The first-order chi connectivity index (χ1) is 15.6. The average molecular weight is 461 g/mol. The lowest BCUT2D eigenvalue weighted by Gasteiger charge is -2.49. The smallest absolute Gasteiger partial charge is 0.415 e. The summed E-state index contributed by atoms with van der Waals surface area (Å²) in [6, 6.07) is 3.58. The van der Waals surface area contributed by atoms with Crippen LogP contribution in [0.4, 0.5) is 4.79 Å². The molecule has 1 aromatic rings. The molecule has 3 atom stereocenters. The van der Waals surface area contributed by atoms with Gasteiger partial charge >= 0.3 is 6.09 Å². The number of nitrogens with zero attached hydrogens (tertiary/aromatic N) is 1. The van der Waals surface area contributed by atoms with E-state index in [-0.39, 0.29) is 29.1 Å². The van der Waals surface area contributed by atoms with Crippen LogP contribution in [-0.2, 0) is 21.4 Å². The van der Waals surface area contributed by atoms with E-state index in [4.69, 9.17) is 4.74 Å². The van der Waals surface area contributed by atoms with Crippen molar-refractivity contribution in [3.8, 4) is 11.5 Å². The summed E-state index contributed by atoms with van der Waals surface area (Å²) in [6.07, 6.45) is 3.17. The Morgan fingerprint density at radius 2 is 1.91 bits per heavy atom. The van der Waals surface area contributed by atoms with Crippen LogP contribution >= 0.6 is 0 Å². The molecule has 0 bridgehead atoms. The number of ether oxygens (including phenoxy) is 1. The van der Waals surface area contributed by atoms with Crippen LogP contribution in [0.15, 0.2) is 12.1 Å². The van der Waals surface area contributed by atoms with E-state index in [9.17, 15) is 19.5 Å². The van der Waals surface area contributed by atoms with E-state index in [1.165, 1.54) is 11.8 Å². The van der Waals surface area contributed by atoms with Crippen molar-refractivity contribution in [1.82, 2.24) is 10.2 Å². The molecule has 2 amide bonds. The Bertz CT molecular complexity index is 868. The molecule has 7 nitrogen and oxygen atoms in total. The number of hydrogen-bond acceptors (Lipinski definition) is 5. The lowest BCUT2D eigenvalue weighted by atomic mass is 9.55. The monoisotopic (exact) mass is 460 g/mol. The number of nitrogens with one attached hydrogen (secondary N) is 1. The number of carbonyl (C=O) groups is 3. The van der Waals surface area contributed by atoms with E-state index in [0.717, 1.165) is 36.8 Å². The fourth-order valence-electron chi connectivity index (χ4n) is 5.85. The molecule has 0 radical (unpaired) electrons. The quantitative estimate of drug-likeness (QED) is 0.533. The van der Waals surface area contributed by atoms with Crippen molar-refractivity contribution in [2.45, 2.75) is 79.1 Å². The van der Waals surface area contributed by atoms with Crippen molar-refractivity contribution in [2.24, 2.45) is 11.8 Å². The van der Waals surface area contributed by atoms with Crippen molar-refractivity contribution >= 4 is 17.8 Å². The van der Waals surface area contributed by atoms with Crippen LogP contribution in [0.25, 0.3) is 0 Å². The number of benzene rings is 1. The normalized spacial score (nSPS) is 21.8. The van der Waals surface area contributed by atoms with Gasteiger partial charge in [0.2, 0.25) is 5.91 Å². The van der Waals surface area contributed by atoms with Crippen LogP contribution in [0.5, 0.6) is 11.5 Å². The third-order valence-electron chi connectivity index (χ3n) is 6.96. The number of amides is 2. The molecule has 3 unspecified atom stereocenters. The van der Waals surface area contributed by atoms with E-state index < -0.39 is 11.5 Å². The summed E-state index contributed by atoms with van der Waals surface area (Å²) < 4.78 is 5.63. The highest BCUT2D eigenvalue weighted by molar-refractivity contribution is 5.78. The number of likely N-dealkylation sites (N-methyl/N-ethyl adjacent to an activating group) is 1. The van der Waals surface area contributed by atoms with Gasteiger partial charge in [-0.15, -0.1) is 0 Å². The number of hydrogen-bond donors (Lipinski definition) is 2. The Morgan fingerprint density at radius 1 is 1.21 bits per heavy atom. The van der Waals surface area contributed by atoms with E-state index in [2.05, 4.69) is 26.1 Å². The second-order valence-corrected chi connectivity index (χ2v) is 9.36. The van der Waals surface area contributed by atoms with Crippen molar-refractivity contribution < 1.29 is 24.2 Å². The van der Waals surface area contributed by atoms with Crippen molar-refractivity contribution in [3.05, 3.63) is 23.3 Å². The molecule has 0 fully saturated rings. The molecule has 2 rings (SSSR count). The van der Waals surface area contributed by atoms with Gasteiger partial charge in [-0.1, -0.05) is 39.7 Å². The lowest BCUT2D eigenvalue weighted by Crippen LogP contribution is -2.45. The van der Waals surface area contributed by atoms with Gasteiger partial charge in [0, 0.05) is 44.0 Å². The maximum atomic E-state index is 12.8. The molecule has 0 saturated heterocycles. The Labute approximate surface area is 197 Å². The Balaban J connectivity index is 2.46.